The molecule has 0 atom stereocenters. The van der Waals surface area contributed by atoms with Gasteiger partial charge < -0.3 is 9.64 Å². The van der Waals surface area contributed by atoms with Gasteiger partial charge in [0.25, 0.3) is 5.91 Å². The van der Waals surface area contributed by atoms with Crippen LogP contribution in [0.15, 0.2) is 42.5 Å². The van der Waals surface area contributed by atoms with E-state index in [1.807, 2.05) is 0 Å². The molecule has 0 heterocycles. The fourth-order valence-electron chi connectivity index (χ4n) is 2.21. The molecule has 0 aliphatic carbocycles. The number of ether oxygens (including phenoxy) is 1. The third-order valence-electron chi connectivity index (χ3n) is 3.40. The van der Waals surface area contributed by atoms with Gasteiger partial charge in [0.05, 0.1) is 6.61 Å². The highest BCUT2D eigenvalue weighted by molar-refractivity contribution is 6.35. The van der Waals surface area contributed by atoms with Gasteiger partial charge in [-0.25, -0.2) is 4.79 Å². The van der Waals surface area contributed by atoms with Gasteiger partial charge in [0.1, 0.15) is 0 Å². The quantitative estimate of drug-likeness (QED) is 0.807. The van der Waals surface area contributed by atoms with Gasteiger partial charge in [-0.05, 0) is 42.8 Å². The predicted octanol–water partition coefficient (Wildman–Crippen LogP) is 4.83. The largest absolute Gasteiger partial charge is 0.450 e. The van der Waals surface area contributed by atoms with Crippen LogP contribution in [-0.2, 0) is 11.3 Å². The number of halogens is 2. The van der Waals surface area contributed by atoms with Gasteiger partial charge >= 0.3 is 6.09 Å². The van der Waals surface area contributed by atoms with E-state index in [0.29, 0.717) is 27.8 Å². The predicted molar refractivity (Wildman–Crippen MR) is 99.3 cm³/mol. The molecule has 0 spiro atoms. The second kappa shape index (κ2) is 8.74. The number of carbonyl (C=O) groups is 2. The molecular formula is C18H18Cl2N2O3. The summed E-state index contributed by atoms with van der Waals surface area (Å²) in [6.07, 6.45) is -0.562. The minimum atomic E-state index is -0.562. The molecule has 0 aliphatic rings. The minimum Gasteiger partial charge on any atom is -0.450 e. The molecule has 2 aromatic carbocycles. The first-order valence-corrected chi connectivity index (χ1v) is 8.39. The van der Waals surface area contributed by atoms with Crippen LogP contribution in [0.1, 0.15) is 22.8 Å². The molecule has 2 rings (SSSR count). The van der Waals surface area contributed by atoms with Crippen LogP contribution < -0.4 is 5.32 Å². The first kappa shape index (κ1) is 19.1. The van der Waals surface area contributed by atoms with Crippen molar-refractivity contribution in [3.8, 4) is 0 Å². The van der Waals surface area contributed by atoms with Crippen LogP contribution >= 0.6 is 23.2 Å². The summed E-state index contributed by atoms with van der Waals surface area (Å²) < 4.78 is 4.82. The van der Waals surface area contributed by atoms with Crippen LogP contribution in [0, 0.1) is 0 Å². The van der Waals surface area contributed by atoms with Crippen molar-refractivity contribution < 1.29 is 14.3 Å². The molecule has 2 aromatic rings. The van der Waals surface area contributed by atoms with Crippen LogP contribution in [0.4, 0.5) is 10.5 Å². The number of carbonyl (C=O) groups excluding carboxylic acids is 2. The molecule has 0 unspecified atom stereocenters. The fourth-order valence-corrected chi connectivity index (χ4v) is 2.68. The summed E-state index contributed by atoms with van der Waals surface area (Å²) in [5, 5.41) is 3.62. The molecule has 0 fully saturated rings. The van der Waals surface area contributed by atoms with Crippen molar-refractivity contribution in [1.82, 2.24) is 4.90 Å². The Kier molecular flexibility index (Phi) is 6.67. The molecule has 7 heteroatoms. The highest BCUT2D eigenvalue weighted by Crippen LogP contribution is 2.22. The maximum atomic E-state index is 12.6. The number of amides is 2. The van der Waals surface area contributed by atoms with Gasteiger partial charge in [0, 0.05) is 34.9 Å². The van der Waals surface area contributed by atoms with Crippen molar-refractivity contribution >= 4 is 40.9 Å². The summed E-state index contributed by atoms with van der Waals surface area (Å²) in [5.74, 6) is -0.196. The third-order valence-corrected chi connectivity index (χ3v) is 3.99. The van der Waals surface area contributed by atoms with Crippen molar-refractivity contribution in [2.75, 3.05) is 19.0 Å². The van der Waals surface area contributed by atoms with E-state index in [1.165, 1.54) is 0 Å². The van der Waals surface area contributed by atoms with E-state index in [2.05, 4.69) is 5.32 Å². The van der Waals surface area contributed by atoms with Gasteiger partial charge in [-0.1, -0.05) is 35.3 Å². The van der Waals surface area contributed by atoms with Gasteiger partial charge in [-0.3, -0.25) is 10.1 Å². The number of hydrogen-bond acceptors (Lipinski definition) is 3. The molecule has 2 amide bonds. The van der Waals surface area contributed by atoms with Gasteiger partial charge in [-0.15, -0.1) is 0 Å². The maximum Gasteiger partial charge on any atom is 0.411 e. The van der Waals surface area contributed by atoms with Crippen molar-refractivity contribution in [1.29, 1.82) is 0 Å². The summed E-state index contributed by atoms with van der Waals surface area (Å²) in [5.41, 5.74) is 1.73. The molecule has 0 radical (unpaired) electrons. The Morgan fingerprint density at radius 1 is 1.16 bits per heavy atom. The Labute approximate surface area is 156 Å². The normalized spacial score (nSPS) is 10.2. The van der Waals surface area contributed by atoms with Gasteiger partial charge in [-0.2, -0.15) is 0 Å². The number of rotatable bonds is 5. The second-order valence-electron chi connectivity index (χ2n) is 5.32. The lowest BCUT2D eigenvalue weighted by atomic mass is 10.1. The standard InChI is InChI=1S/C18H18Cl2N2O3/c1-3-25-18(24)21-15-6-4-5-12(9-15)17(23)22(2)11-13-7-8-14(19)10-16(13)20/h4-10H,3,11H2,1-2H3,(H,21,24). The third kappa shape index (κ3) is 5.37. The number of benzene rings is 2. The number of hydrogen-bond donors (Lipinski definition) is 1. The van der Waals surface area contributed by atoms with Crippen LogP contribution in [-0.4, -0.2) is 30.6 Å². The van der Waals surface area contributed by atoms with E-state index in [0.717, 1.165) is 5.56 Å². The van der Waals surface area contributed by atoms with E-state index in [1.54, 1.807) is 61.3 Å². The highest BCUT2D eigenvalue weighted by atomic mass is 35.5. The van der Waals surface area contributed by atoms with E-state index >= 15 is 0 Å². The van der Waals surface area contributed by atoms with Crippen LogP contribution in [0.2, 0.25) is 10.0 Å². The molecule has 1 N–H and O–H groups in total. The molecule has 5 nitrogen and oxygen atoms in total. The van der Waals surface area contributed by atoms with E-state index in [9.17, 15) is 9.59 Å². The first-order chi connectivity index (χ1) is 11.9. The van der Waals surface area contributed by atoms with Crippen molar-refractivity contribution in [2.45, 2.75) is 13.5 Å². The zero-order valence-corrected chi connectivity index (χ0v) is 15.4. The SMILES string of the molecule is CCOC(=O)Nc1cccc(C(=O)N(C)Cc2ccc(Cl)cc2Cl)c1. The maximum absolute atomic E-state index is 12.6. The van der Waals surface area contributed by atoms with Crippen molar-refractivity contribution in [2.24, 2.45) is 0 Å². The van der Waals surface area contributed by atoms with Crippen molar-refractivity contribution in [3.63, 3.8) is 0 Å². The first-order valence-electron chi connectivity index (χ1n) is 7.64. The molecule has 0 saturated carbocycles. The lowest BCUT2D eigenvalue weighted by Crippen LogP contribution is -2.26. The average Bonchev–Trinajstić information content (AvgIpc) is 2.57. The molecule has 132 valence electrons. The number of nitrogens with zero attached hydrogens (tertiary/aromatic N) is 1. The lowest BCUT2D eigenvalue weighted by Gasteiger charge is -2.18. The second-order valence-corrected chi connectivity index (χ2v) is 6.17. The smallest absolute Gasteiger partial charge is 0.411 e. The Hall–Kier alpha value is -2.24. The Balaban J connectivity index is 2.09. The Morgan fingerprint density at radius 2 is 1.92 bits per heavy atom. The van der Waals surface area contributed by atoms with E-state index in [-0.39, 0.29) is 12.5 Å². The summed E-state index contributed by atoms with van der Waals surface area (Å²) in [6.45, 7) is 2.33. The number of nitrogens with one attached hydrogen (secondary N) is 1. The summed E-state index contributed by atoms with van der Waals surface area (Å²) in [6, 6.07) is 11.8. The summed E-state index contributed by atoms with van der Waals surface area (Å²) >= 11 is 12.0. The molecule has 0 aliphatic heterocycles. The topological polar surface area (TPSA) is 58.6 Å². The van der Waals surface area contributed by atoms with Crippen LogP contribution in [0.5, 0.6) is 0 Å². The zero-order valence-electron chi connectivity index (χ0n) is 13.9. The number of anilines is 1. The van der Waals surface area contributed by atoms with Crippen molar-refractivity contribution in [3.05, 3.63) is 63.6 Å². The highest BCUT2D eigenvalue weighted by Gasteiger charge is 2.14. The zero-order chi connectivity index (χ0) is 18.4. The molecular weight excluding hydrogens is 363 g/mol. The Bertz CT molecular complexity index is 781. The van der Waals surface area contributed by atoms with E-state index in [4.69, 9.17) is 27.9 Å². The molecule has 0 saturated heterocycles. The lowest BCUT2D eigenvalue weighted by molar-refractivity contribution is 0.0785. The average molecular weight is 381 g/mol. The van der Waals surface area contributed by atoms with E-state index < -0.39 is 6.09 Å². The van der Waals surface area contributed by atoms with Crippen LogP contribution in [0.3, 0.4) is 0 Å². The summed E-state index contributed by atoms with van der Waals surface area (Å²) in [4.78, 5) is 25.6. The summed E-state index contributed by atoms with van der Waals surface area (Å²) in [7, 11) is 1.68. The Morgan fingerprint density at radius 3 is 2.60 bits per heavy atom. The minimum absolute atomic E-state index is 0.196. The molecule has 0 aromatic heterocycles. The fraction of sp³-hybridized carbons (Fsp3) is 0.222. The van der Waals surface area contributed by atoms with Gasteiger partial charge in [0.2, 0.25) is 0 Å². The van der Waals surface area contributed by atoms with Crippen LogP contribution in [0.25, 0.3) is 0 Å². The monoisotopic (exact) mass is 380 g/mol. The molecule has 25 heavy (non-hydrogen) atoms. The molecule has 0 bridgehead atoms. The van der Waals surface area contributed by atoms with Gasteiger partial charge in [0.15, 0.2) is 0 Å².